The minimum Gasteiger partial charge on any atom is -0.454 e. The Morgan fingerprint density at radius 3 is 2.89 bits per heavy atom. The van der Waals surface area contributed by atoms with E-state index >= 15 is 0 Å². The number of ether oxygens (including phenoxy) is 2. The van der Waals surface area contributed by atoms with Crippen LogP contribution in [-0.4, -0.2) is 26.5 Å². The van der Waals surface area contributed by atoms with Gasteiger partial charge >= 0.3 is 0 Å². The third-order valence-corrected chi connectivity index (χ3v) is 7.24. The molecule has 5 rings (SSSR count). The van der Waals surface area contributed by atoms with Gasteiger partial charge < -0.3 is 14.0 Å². The lowest BCUT2D eigenvalue weighted by Gasteiger charge is -2.11. The van der Waals surface area contributed by atoms with Gasteiger partial charge in [0.1, 0.15) is 10.8 Å². The predicted molar refractivity (Wildman–Crippen MR) is 110 cm³/mol. The number of hydrogen-bond acceptors (Lipinski definition) is 7. The molecule has 3 heterocycles. The predicted octanol–water partition coefficient (Wildman–Crippen LogP) is 5.10. The molecule has 146 valence electrons. The summed E-state index contributed by atoms with van der Waals surface area (Å²) in [7, 11) is 0. The maximum Gasteiger partial charge on any atom is 0.231 e. The number of nitrogens with zero attached hydrogens (tertiary/aromatic N) is 4. The first-order valence-electron chi connectivity index (χ1n) is 9.72. The molecule has 0 amide bonds. The van der Waals surface area contributed by atoms with Gasteiger partial charge in [0, 0.05) is 29.2 Å². The van der Waals surface area contributed by atoms with Gasteiger partial charge in [0.05, 0.1) is 5.69 Å². The van der Waals surface area contributed by atoms with Crippen molar-refractivity contribution < 1.29 is 9.47 Å². The largest absolute Gasteiger partial charge is 0.454 e. The van der Waals surface area contributed by atoms with E-state index in [1.54, 1.807) is 23.1 Å². The summed E-state index contributed by atoms with van der Waals surface area (Å²) in [4.78, 5) is 4.80. The number of aromatic nitrogens is 4. The SMILES string of the molecule is CCn1c(SCc2csc(-c3ccc4c(c3)OCO4)n2)nnc1C1CCCC1. The molecule has 3 aromatic rings. The molecule has 0 atom stereocenters. The van der Waals surface area contributed by atoms with Crippen LogP contribution in [0.15, 0.2) is 28.7 Å². The van der Waals surface area contributed by atoms with Crippen molar-refractivity contribution in [1.82, 2.24) is 19.7 Å². The highest BCUT2D eigenvalue weighted by atomic mass is 32.2. The van der Waals surface area contributed by atoms with Gasteiger partial charge in [-0.2, -0.15) is 0 Å². The minimum atomic E-state index is 0.291. The van der Waals surface area contributed by atoms with E-state index in [0.717, 1.165) is 45.2 Å². The Bertz CT molecular complexity index is 978. The first kappa shape index (κ1) is 18.0. The Morgan fingerprint density at radius 2 is 2.04 bits per heavy atom. The van der Waals surface area contributed by atoms with Crippen LogP contribution < -0.4 is 9.47 Å². The van der Waals surface area contributed by atoms with Gasteiger partial charge in [-0.05, 0) is 38.0 Å². The van der Waals surface area contributed by atoms with Crippen molar-refractivity contribution in [3.8, 4) is 22.1 Å². The smallest absolute Gasteiger partial charge is 0.231 e. The van der Waals surface area contributed by atoms with Crippen LogP contribution in [-0.2, 0) is 12.3 Å². The van der Waals surface area contributed by atoms with Crippen molar-refractivity contribution in [2.75, 3.05) is 6.79 Å². The van der Waals surface area contributed by atoms with Crippen molar-refractivity contribution in [1.29, 1.82) is 0 Å². The van der Waals surface area contributed by atoms with Gasteiger partial charge in [-0.25, -0.2) is 4.98 Å². The monoisotopic (exact) mass is 414 g/mol. The van der Waals surface area contributed by atoms with Crippen molar-refractivity contribution in [3.63, 3.8) is 0 Å². The Morgan fingerprint density at radius 1 is 1.18 bits per heavy atom. The van der Waals surface area contributed by atoms with Gasteiger partial charge in [0.15, 0.2) is 16.7 Å². The third kappa shape index (κ3) is 3.39. The van der Waals surface area contributed by atoms with Crippen LogP contribution in [0, 0.1) is 0 Å². The average molecular weight is 415 g/mol. The van der Waals surface area contributed by atoms with Gasteiger partial charge in [-0.3, -0.25) is 0 Å². The van der Waals surface area contributed by atoms with Crippen LogP contribution in [0.25, 0.3) is 10.6 Å². The molecule has 1 aliphatic carbocycles. The second-order valence-corrected chi connectivity index (χ2v) is 8.87. The van der Waals surface area contributed by atoms with E-state index in [1.165, 1.54) is 31.5 Å². The zero-order valence-electron chi connectivity index (χ0n) is 15.8. The highest BCUT2D eigenvalue weighted by molar-refractivity contribution is 7.98. The Hall–Kier alpha value is -2.06. The molecule has 28 heavy (non-hydrogen) atoms. The molecule has 0 saturated heterocycles. The molecule has 1 aromatic carbocycles. The summed E-state index contributed by atoms with van der Waals surface area (Å²) in [6.07, 6.45) is 5.11. The molecule has 0 N–H and O–H groups in total. The lowest BCUT2D eigenvalue weighted by atomic mass is 10.1. The maximum atomic E-state index is 5.48. The summed E-state index contributed by atoms with van der Waals surface area (Å²) in [5, 5.41) is 13.1. The molecule has 0 bridgehead atoms. The number of hydrogen-bond donors (Lipinski definition) is 0. The van der Waals surface area contributed by atoms with E-state index in [2.05, 4.69) is 27.1 Å². The summed E-state index contributed by atoms with van der Waals surface area (Å²) in [5.74, 6) is 4.14. The van der Waals surface area contributed by atoms with E-state index < -0.39 is 0 Å². The topological polar surface area (TPSA) is 62.1 Å². The highest BCUT2D eigenvalue weighted by Gasteiger charge is 2.24. The van der Waals surface area contributed by atoms with Crippen LogP contribution in [0.3, 0.4) is 0 Å². The first-order valence-corrected chi connectivity index (χ1v) is 11.6. The van der Waals surface area contributed by atoms with Crippen LogP contribution >= 0.6 is 23.1 Å². The first-order chi connectivity index (χ1) is 13.8. The van der Waals surface area contributed by atoms with Crippen LogP contribution in [0.4, 0.5) is 0 Å². The van der Waals surface area contributed by atoms with Crippen molar-refractivity contribution in [2.24, 2.45) is 0 Å². The van der Waals surface area contributed by atoms with E-state index in [1.807, 2.05) is 18.2 Å². The van der Waals surface area contributed by atoms with E-state index in [0.29, 0.717) is 12.7 Å². The molecule has 0 spiro atoms. The average Bonchev–Trinajstić information content (AvgIpc) is 3.52. The number of rotatable bonds is 6. The van der Waals surface area contributed by atoms with Crippen molar-refractivity contribution in [3.05, 3.63) is 35.1 Å². The van der Waals surface area contributed by atoms with E-state index in [4.69, 9.17) is 14.5 Å². The van der Waals surface area contributed by atoms with Gasteiger partial charge in [-0.1, -0.05) is 24.6 Å². The van der Waals surface area contributed by atoms with Crippen LogP contribution in [0.1, 0.15) is 50.0 Å². The summed E-state index contributed by atoms with van der Waals surface area (Å²) < 4.78 is 13.1. The molecule has 0 unspecified atom stereocenters. The Balaban J connectivity index is 1.29. The lowest BCUT2D eigenvalue weighted by molar-refractivity contribution is 0.174. The van der Waals surface area contributed by atoms with Crippen molar-refractivity contribution in [2.45, 2.75) is 56.0 Å². The van der Waals surface area contributed by atoms with Crippen molar-refractivity contribution >= 4 is 23.1 Å². The molecule has 1 aliphatic heterocycles. The number of thiazole rings is 1. The standard InChI is InChI=1S/C20H22N4O2S2/c1-2-24-18(13-5-3-4-6-13)22-23-20(24)28-11-15-10-27-19(21-15)14-7-8-16-17(9-14)26-12-25-16/h7-10,13H,2-6,11-12H2,1H3. The Kier molecular flexibility index (Phi) is 4.98. The molecule has 0 radical (unpaired) electrons. The van der Waals surface area contributed by atoms with Gasteiger partial charge in [0.25, 0.3) is 0 Å². The second kappa shape index (κ2) is 7.75. The molecular weight excluding hydrogens is 392 g/mol. The molecular formula is C20H22N4O2S2. The normalized spacial score (nSPS) is 16.2. The van der Waals surface area contributed by atoms with Crippen LogP contribution in [0.5, 0.6) is 11.5 Å². The summed E-state index contributed by atoms with van der Waals surface area (Å²) in [5.41, 5.74) is 2.13. The summed E-state index contributed by atoms with van der Waals surface area (Å²) in [6.45, 7) is 3.38. The third-order valence-electron chi connectivity index (χ3n) is 5.30. The summed E-state index contributed by atoms with van der Waals surface area (Å²) in [6, 6.07) is 5.98. The fourth-order valence-electron chi connectivity index (χ4n) is 3.86. The zero-order valence-corrected chi connectivity index (χ0v) is 17.4. The fourth-order valence-corrected chi connectivity index (χ4v) is 5.69. The molecule has 2 aromatic heterocycles. The number of benzene rings is 1. The molecule has 6 nitrogen and oxygen atoms in total. The lowest BCUT2D eigenvalue weighted by Crippen LogP contribution is -2.06. The number of thioether (sulfide) groups is 1. The van der Waals surface area contributed by atoms with E-state index in [-0.39, 0.29) is 0 Å². The Labute approximate surface area is 172 Å². The molecule has 1 fully saturated rings. The van der Waals surface area contributed by atoms with Crippen LogP contribution in [0.2, 0.25) is 0 Å². The highest BCUT2D eigenvalue weighted by Crippen LogP contribution is 2.38. The van der Waals surface area contributed by atoms with Gasteiger partial charge in [0.2, 0.25) is 6.79 Å². The zero-order chi connectivity index (χ0) is 18.9. The minimum absolute atomic E-state index is 0.291. The fraction of sp³-hybridized carbons (Fsp3) is 0.450. The molecule has 1 saturated carbocycles. The second-order valence-electron chi connectivity index (χ2n) is 7.07. The number of fused-ring (bicyclic) bond motifs is 1. The molecule has 8 heteroatoms. The van der Waals surface area contributed by atoms with E-state index in [9.17, 15) is 0 Å². The van der Waals surface area contributed by atoms with Gasteiger partial charge in [-0.15, -0.1) is 21.5 Å². The maximum absolute atomic E-state index is 5.48. The quantitative estimate of drug-likeness (QED) is 0.523. The summed E-state index contributed by atoms with van der Waals surface area (Å²) >= 11 is 3.38. The molecule has 2 aliphatic rings.